The molecule has 1 aromatic heterocycles. The average Bonchev–Trinajstić information content (AvgIpc) is 3.11. The van der Waals surface area contributed by atoms with Crippen LogP contribution in [0, 0.1) is 5.82 Å². The zero-order valence-corrected chi connectivity index (χ0v) is 12.2. The van der Waals surface area contributed by atoms with Crippen LogP contribution in [0.1, 0.15) is 12.8 Å². The highest BCUT2D eigenvalue weighted by molar-refractivity contribution is 7.91. The normalized spacial score (nSPS) is 15.1. The van der Waals surface area contributed by atoms with Crippen LogP contribution in [0.15, 0.2) is 29.2 Å². The molecule has 1 aliphatic rings. The lowest BCUT2D eigenvalue weighted by Gasteiger charge is -2.04. The topological polar surface area (TPSA) is 90.0 Å². The molecule has 1 saturated carbocycles. The van der Waals surface area contributed by atoms with Gasteiger partial charge in [-0.1, -0.05) is 6.07 Å². The number of halogens is 1. The van der Waals surface area contributed by atoms with Crippen molar-refractivity contribution in [2.45, 2.75) is 23.8 Å². The predicted molar refractivity (Wildman–Crippen MR) is 77.7 cm³/mol. The molecule has 0 aliphatic heterocycles. The molecule has 1 heterocycles. The zero-order chi connectivity index (χ0) is 15.2. The van der Waals surface area contributed by atoms with Gasteiger partial charge in [-0.3, -0.25) is 0 Å². The standard InChI is InChI=1S/C13H15FN4O2S/c1-21(19,20)11-12(15)18(10-4-2-3-8(14)7-10)17-13(11)16-9-5-6-9/h2-4,7,9H,5-6,15H2,1H3,(H,16,17). The molecule has 1 aliphatic carbocycles. The first kappa shape index (κ1) is 13.9. The van der Waals surface area contributed by atoms with Crippen molar-refractivity contribution >= 4 is 21.5 Å². The predicted octanol–water partition coefficient (Wildman–Crippen LogP) is 1.57. The van der Waals surface area contributed by atoms with E-state index in [9.17, 15) is 12.8 Å². The molecule has 0 saturated heterocycles. The van der Waals surface area contributed by atoms with Crippen molar-refractivity contribution in [3.63, 3.8) is 0 Å². The fourth-order valence-electron chi connectivity index (χ4n) is 2.10. The highest BCUT2D eigenvalue weighted by Crippen LogP contribution is 2.33. The molecule has 2 aromatic rings. The van der Waals surface area contributed by atoms with Crippen LogP contribution in [0.25, 0.3) is 5.69 Å². The van der Waals surface area contributed by atoms with Gasteiger partial charge < -0.3 is 11.1 Å². The van der Waals surface area contributed by atoms with E-state index in [4.69, 9.17) is 5.73 Å². The lowest BCUT2D eigenvalue weighted by atomic mass is 10.3. The van der Waals surface area contributed by atoms with Crippen molar-refractivity contribution in [1.82, 2.24) is 9.78 Å². The monoisotopic (exact) mass is 310 g/mol. The van der Waals surface area contributed by atoms with E-state index in [2.05, 4.69) is 10.4 Å². The molecule has 0 radical (unpaired) electrons. The number of hydrogen-bond acceptors (Lipinski definition) is 5. The van der Waals surface area contributed by atoms with Gasteiger partial charge in [0.05, 0.1) is 5.69 Å². The van der Waals surface area contributed by atoms with Crippen LogP contribution in [0.3, 0.4) is 0 Å². The molecule has 6 nitrogen and oxygen atoms in total. The van der Waals surface area contributed by atoms with Crippen molar-refractivity contribution in [3.05, 3.63) is 30.1 Å². The molecule has 8 heteroatoms. The van der Waals surface area contributed by atoms with Gasteiger partial charge in [0.1, 0.15) is 11.6 Å². The number of anilines is 2. The van der Waals surface area contributed by atoms with Gasteiger partial charge in [0.15, 0.2) is 20.6 Å². The van der Waals surface area contributed by atoms with Crippen molar-refractivity contribution < 1.29 is 12.8 Å². The SMILES string of the molecule is CS(=O)(=O)c1c(NC2CC2)nn(-c2cccc(F)c2)c1N. The second-order valence-electron chi connectivity index (χ2n) is 5.15. The molecular formula is C13H15FN4O2S. The van der Waals surface area contributed by atoms with E-state index in [0.29, 0.717) is 5.69 Å². The largest absolute Gasteiger partial charge is 0.382 e. The summed E-state index contributed by atoms with van der Waals surface area (Å²) < 4.78 is 38.5. The number of nitrogens with two attached hydrogens (primary N) is 1. The Labute approximate surface area is 121 Å². The van der Waals surface area contributed by atoms with E-state index in [-0.39, 0.29) is 22.6 Å². The Kier molecular flexibility index (Phi) is 3.12. The Morgan fingerprint density at radius 3 is 2.71 bits per heavy atom. The quantitative estimate of drug-likeness (QED) is 0.894. The summed E-state index contributed by atoms with van der Waals surface area (Å²) in [7, 11) is -3.54. The summed E-state index contributed by atoms with van der Waals surface area (Å²) in [6, 6.07) is 5.89. The van der Waals surface area contributed by atoms with Gasteiger partial charge in [-0.25, -0.2) is 17.5 Å². The van der Waals surface area contributed by atoms with E-state index in [1.54, 1.807) is 6.07 Å². The number of nitrogen functional groups attached to an aromatic ring is 1. The Balaban J connectivity index is 2.15. The molecular weight excluding hydrogens is 295 g/mol. The minimum Gasteiger partial charge on any atom is -0.382 e. The Morgan fingerprint density at radius 1 is 1.43 bits per heavy atom. The molecule has 112 valence electrons. The number of aromatic nitrogens is 2. The molecule has 1 aromatic carbocycles. The van der Waals surface area contributed by atoms with Crippen molar-refractivity contribution in [2.75, 3.05) is 17.3 Å². The number of nitrogens with zero attached hydrogens (tertiary/aromatic N) is 2. The second-order valence-corrected chi connectivity index (χ2v) is 7.10. The number of sulfone groups is 1. The molecule has 0 atom stereocenters. The third kappa shape index (κ3) is 2.71. The van der Waals surface area contributed by atoms with E-state index in [1.165, 1.54) is 22.9 Å². The lowest BCUT2D eigenvalue weighted by Crippen LogP contribution is -2.08. The number of rotatable bonds is 4. The van der Waals surface area contributed by atoms with Crippen LogP contribution >= 0.6 is 0 Å². The van der Waals surface area contributed by atoms with Crippen LogP contribution in [-0.2, 0) is 9.84 Å². The van der Waals surface area contributed by atoms with Gasteiger partial charge in [-0.2, -0.15) is 0 Å². The van der Waals surface area contributed by atoms with E-state index >= 15 is 0 Å². The summed E-state index contributed by atoms with van der Waals surface area (Å²) >= 11 is 0. The summed E-state index contributed by atoms with van der Waals surface area (Å²) in [4.78, 5) is -0.0429. The van der Waals surface area contributed by atoms with Crippen molar-refractivity contribution in [3.8, 4) is 5.69 Å². The van der Waals surface area contributed by atoms with Gasteiger partial charge in [0, 0.05) is 12.3 Å². The fraction of sp³-hybridized carbons (Fsp3) is 0.308. The van der Waals surface area contributed by atoms with Crippen molar-refractivity contribution in [1.29, 1.82) is 0 Å². The van der Waals surface area contributed by atoms with E-state index in [1.807, 2.05) is 0 Å². The average molecular weight is 310 g/mol. The van der Waals surface area contributed by atoms with Gasteiger partial charge >= 0.3 is 0 Å². The molecule has 0 unspecified atom stereocenters. The summed E-state index contributed by atoms with van der Waals surface area (Å²) in [6.45, 7) is 0. The highest BCUT2D eigenvalue weighted by atomic mass is 32.2. The van der Waals surface area contributed by atoms with Gasteiger partial charge in [0.2, 0.25) is 0 Å². The molecule has 0 bridgehead atoms. The first-order valence-corrected chi connectivity index (χ1v) is 8.36. The number of benzene rings is 1. The minimum absolute atomic E-state index is 0.0220. The summed E-state index contributed by atoms with van der Waals surface area (Å²) in [5.41, 5.74) is 6.30. The smallest absolute Gasteiger partial charge is 0.182 e. The van der Waals surface area contributed by atoms with E-state index < -0.39 is 15.7 Å². The Morgan fingerprint density at radius 2 is 2.14 bits per heavy atom. The van der Waals surface area contributed by atoms with Gasteiger partial charge in [-0.05, 0) is 31.0 Å². The van der Waals surface area contributed by atoms with Gasteiger partial charge in [0.25, 0.3) is 0 Å². The first-order valence-electron chi connectivity index (χ1n) is 6.47. The Bertz CT molecular complexity index is 796. The highest BCUT2D eigenvalue weighted by Gasteiger charge is 2.29. The maximum atomic E-state index is 13.3. The second kappa shape index (κ2) is 4.73. The fourth-order valence-corrected chi connectivity index (χ4v) is 3.02. The molecule has 0 amide bonds. The molecule has 1 fully saturated rings. The summed E-state index contributed by atoms with van der Waals surface area (Å²) in [6.07, 6.45) is 3.01. The third-order valence-electron chi connectivity index (χ3n) is 3.22. The maximum absolute atomic E-state index is 13.3. The Hall–Kier alpha value is -2.09. The summed E-state index contributed by atoms with van der Waals surface area (Å²) in [5, 5.41) is 7.25. The zero-order valence-electron chi connectivity index (χ0n) is 11.4. The summed E-state index contributed by atoms with van der Waals surface area (Å²) in [5.74, 6) is -0.243. The van der Waals surface area contributed by atoms with E-state index in [0.717, 1.165) is 19.1 Å². The van der Waals surface area contributed by atoms with Crippen LogP contribution in [-0.4, -0.2) is 30.5 Å². The third-order valence-corrected chi connectivity index (χ3v) is 4.36. The lowest BCUT2D eigenvalue weighted by molar-refractivity contribution is 0.602. The first-order chi connectivity index (χ1) is 9.86. The molecule has 3 N–H and O–H groups in total. The number of nitrogens with one attached hydrogen (secondary N) is 1. The molecule has 3 rings (SSSR count). The van der Waals surface area contributed by atoms with Crippen LogP contribution in [0.2, 0.25) is 0 Å². The van der Waals surface area contributed by atoms with Gasteiger partial charge in [-0.15, -0.1) is 5.10 Å². The van der Waals surface area contributed by atoms with Crippen LogP contribution < -0.4 is 11.1 Å². The minimum atomic E-state index is -3.54. The maximum Gasteiger partial charge on any atom is 0.182 e. The number of hydrogen-bond donors (Lipinski definition) is 2. The van der Waals surface area contributed by atoms with Crippen LogP contribution in [0.5, 0.6) is 0 Å². The van der Waals surface area contributed by atoms with Crippen molar-refractivity contribution in [2.24, 2.45) is 0 Å². The molecule has 21 heavy (non-hydrogen) atoms. The van der Waals surface area contributed by atoms with Crippen LogP contribution in [0.4, 0.5) is 16.0 Å². The molecule has 0 spiro atoms.